The zero-order valence-corrected chi connectivity index (χ0v) is 14.4. The van der Waals surface area contributed by atoms with Crippen LogP contribution in [0, 0.1) is 18.3 Å². The van der Waals surface area contributed by atoms with Crippen molar-refractivity contribution in [3.63, 3.8) is 0 Å². The highest BCUT2D eigenvalue weighted by Gasteiger charge is 2.10. The molecule has 0 aliphatic carbocycles. The highest BCUT2D eigenvalue weighted by atomic mass is 79.9. The summed E-state index contributed by atoms with van der Waals surface area (Å²) in [5.41, 5.74) is 3.87. The predicted molar refractivity (Wildman–Crippen MR) is 95.1 cm³/mol. The number of allylic oxidation sites excluding steroid dienone is 1. The van der Waals surface area contributed by atoms with E-state index in [9.17, 15) is 10.4 Å². The van der Waals surface area contributed by atoms with E-state index in [1.54, 1.807) is 18.2 Å². The summed E-state index contributed by atoms with van der Waals surface area (Å²) >= 11 is 9.19. The average Bonchev–Trinajstić information content (AvgIpc) is 2.92. The molecule has 114 valence electrons. The monoisotopic (exact) mass is 387 g/mol. The summed E-state index contributed by atoms with van der Waals surface area (Å²) < 4.78 is 0.466. The quantitative estimate of drug-likeness (QED) is 0.603. The molecule has 0 fully saturated rings. The number of nitriles is 1. The van der Waals surface area contributed by atoms with Crippen molar-refractivity contribution in [3.8, 4) is 11.8 Å². The summed E-state index contributed by atoms with van der Waals surface area (Å²) in [6, 6.07) is 11.3. The Labute approximate surface area is 146 Å². The van der Waals surface area contributed by atoms with Crippen LogP contribution in [0.25, 0.3) is 22.7 Å². The van der Waals surface area contributed by atoms with E-state index in [4.69, 9.17) is 11.6 Å². The molecule has 0 saturated heterocycles. The number of halogens is 2. The van der Waals surface area contributed by atoms with E-state index < -0.39 is 0 Å². The van der Waals surface area contributed by atoms with Crippen molar-refractivity contribution >= 4 is 50.2 Å². The van der Waals surface area contributed by atoms with Gasteiger partial charge < -0.3 is 10.1 Å². The summed E-state index contributed by atoms with van der Waals surface area (Å²) in [6.07, 6.45) is 1.67. The summed E-state index contributed by atoms with van der Waals surface area (Å²) in [5, 5.41) is 19.3. The average molecular weight is 389 g/mol. The SMILES string of the molecule is Cc1ccc2nc(/C(C#N)=C\c3cc(Cl)c(O)c(Br)c3)[nH]c2c1. The third kappa shape index (κ3) is 3.09. The maximum atomic E-state index is 9.68. The van der Waals surface area contributed by atoms with Gasteiger partial charge in [0.15, 0.2) is 0 Å². The van der Waals surface area contributed by atoms with Crippen LogP contribution in [0.2, 0.25) is 5.02 Å². The molecule has 23 heavy (non-hydrogen) atoms. The van der Waals surface area contributed by atoms with Crippen molar-refractivity contribution in [2.45, 2.75) is 6.92 Å². The first-order valence-corrected chi connectivity index (χ1v) is 7.91. The normalized spacial score (nSPS) is 11.7. The smallest absolute Gasteiger partial charge is 0.149 e. The molecular weight excluding hydrogens is 378 g/mol. The summed E-state index contributed by atoms with van der Waals surface area (Å²) in [6.45, 7) is 2.00. The van der Waals surface area contributed by atoms with Gasteiger partial charge in [-0.15, -0.1) is 0 Å². The number of nitrogens with one attached hydrogen (secondary N) is 1. The maximum Gasteiger partial charge on any atom is 0.149 e. The van der Waals surface area contributed by atoms with Gasteiger partial charge in [-0.2, -0.15) is 5.26 Å². The lowest BCUT2D eigenvalue weighted by atomic mass is 10.1. The summed E-state index contributed by atoms with van der Waals surface area (Å²) in [4.78, 5) is 7.60. The lowest BCUT2D eigenvalue weighted by molar-refractivity contribution is 0.472. The second-order valence-electron chi connectivity index (χ2n) is 5.11. The molecule has 0 atom stereocenters. The Morgan fingerprint density at radius 1 is 1.39 bits per heavy atom. The number of rotatable bonds is 2. The number of hydrogen-bond donors (Lipinski definition) is 2. The Kier molecular flexibility index (Phi) is 4.12. The maximum absolute atomic E-state index is 9.68. The van der Waals surface area contributed by atoms with Crippen LogP contribution >= 0.6 is 27.5 Å². The van der Waals surface area contributed by atoms with Crippen LogP contribution in [0.1, 0.15) is 17.0 Å². The zero-order valence-electron chi connectivity index (χ0n) is 12.1. The number of aryl methyl sites for hydroxylation is 1. The number of phenols is 1. The van der Waals surface area contributed by atoms with Crippen LogP contribution in [0.4, 0.5) is 0 Å². The van der Waals surface area contributed by atoms with Crippen molar-refractivity contribution in [2.75, 3.05) is 0 Å². The lowest BCUT2D eigenvalue weighted by Gasteiger charge is -2.02. The molecule has 1 heterocycles. The Bertz CT molecular complexity index is 962. The van der Waals surface area contributed by atoms with Crippen molar-refractivity contribution in [1.29, 1.82) is 5.26 Å². The topological polar surface area (TPSA) is 72.7 Å². The van der Waals surface area contributed by atoms with Gasteiger partial charge in [-0.3, -0.25) is 0 Å². The van der Waals surface area contributed by atoms with Crippen LogP contribution < -0.4 is 0 Å². The Morgan fingerprint density at radius 2 is 2.17 bits per heavy atom. The molecule has 0 saturated carbocycles. The minimum absolute atomic E-state index is 0.0264. The van der Waals surface area contributed by atoms with Crippen molar-refractivity contribution in [3.05, 3.63) is 56.8 Å². The Morgan fingerprint density at radius 3 is 2.87 bits per heavy atom. The van der Waals surface area contributed by atoms with E-state index >= 15 is 0 Å². The van der Waals surface area contributed by atoms with E-state index in [1.165, 1.54) is 0 Å². The molecule has 0 spiro atoms. The van der Waals surface area contributed by atoms with Crippen LogP contribution in [-0.4, -0.2) is 15.1 Å². The summed E-state index contributed by atoms with van der Waals surface area (Å²) in [5.74, 6) is 0.468. The molecule has 2 N–H and O–H groups in total. The third-order valence-electron chi connectivity index (χ3n) is 3.36. The van der Waals surface area contributed by atoms with Gasteiger partial charge in [0, 0.05) is 0 Å². The molecule has 0 radical (unpaired) electrons. The molecule has 1 aromatic heterocycles. The first-order valence-electron chi connectivity index (χ1n) is 6.74. The Hall–Kier alpha value is -2.29. The third-order valence-corrected chi connectivity index (χ3v) is 4.26. The number of aromatic amines is 1. The van der Waals surface area contributed by atoms with Crippen molar-refractivity contribution in [2.24, 2.45) is 0 Å². The van der Waals surface area contributed by atoms with Gasteiger partial charge in [-0.05, 0) is 64.3 Å². The van der Waals surface area contributed by atoms with Gasteiger partial charge in [0.2, 0.25) is 0 Å². The fourth-order valence-electron chi connectivity index (χ4n) is 2.24. The van der Waals surface area contributed by atoms with E-state index in [0.29, 0.717) is 21.4 Å². The second-order valence-corrected chi connectivity index (χ2v) is 6.37. The number of H-pyrrole nitrogens is 1. The molecule has 0 aliphatic rings. The molecule has 4 nitrogen and oxygen atoms in total. The first kappa shape index (κ1) is 15.6. The van der Waals surface area contributed by atoms with E-state index in [0.717, 1.165) is 16.6 Å². The number of imidazole rings is 1. The van der Waals surface area contributed by atoms with Crippen LogP contribution in [0.3, 0.4) is 0 Å². The highest BCUT2D eigenvalue weighted by Crippen LogP contribution is 2.34. The van der Waals surface area contributed by atoms with Gasteiger partial charge >= 0.3 is 0 Å². The fourth-order valence-corrected chi connectivity index (χ4v) is 3.06. The Balaban J connectivity index is 2.09. The molecule has 0 bridgehead atoms. The van der Waals surface area contributed by atoms with Gasteiger partial charge in [0.25, 0.3) is 0 Å². The zero-order chi connectivity index (χ0) is 16.6. The minimum Gasteiger partial charge on any atom is -0.505 e. The number of phenolic OH excluding ortho intramolecular Hbond substituents is 1. The number of nitrogens with zero attached hydrogens (tertiary/aromatic N) is 2. The van der Waals surface area contributed by atoms with Crippen LogP contribution in [0.15, 0.2) is 34.8 Å². The number of hydrogen-bond acceptors (Lipinski definition) is 3. The summed E-state index contributed by atoms with van der Waals surface area (Å²) in [7, 11) is 0. The molecule has 2 aromatic carbocycles. The van der Waals surface area contributed by atoms with Gasteiger partial charge in [-0.1, -0.05) is 17.7 Å². The first-order chi connectivity index (χ1) is 11.0. The van der Waals surface area contributed by atoms with E-state index in [1.807, 2.05) is 25.1 Å². The molecule has 0 amide bonds. The van der Waals surface area contributed by atoms with E-state index in [2.05, 4.69) is 32.0 Å². The van der Waals surface area contributed by atoms with E-state index in [-0.39, 0.29) is 10.8 Å². The van der Waals surface area contributed by atoms with Gasteiger partial charge in [0.05, 0.1) is 26.1 Å². The number of aromatic nitrogens is 2. The van der Waals surface area contributed by atoms with Gasteiger partial charge in [-0.25, -0.2) is 4.98 Å². The minimum atomic E-state index is -0.0264. The fraction of sp³-hybridized carbons (Fsp3) is 0.0588. The van der Waals surface area contributed by atoms with Gasteiger partial charge in [0.1, 0.15) is 17.6 Å². The molecule has 0 aliphatic heterocycles. The molecule has 0 unspecified atom stereocenters. The lowest BCUT2D eigenvalue weighted by Crippen LogP contribution is -1.85. The standard InChI is InChI=1S/C17H11BrClN3O/c1-9-2-3-14-15(4-9)22-17(21-14)11(8-20)5-10-6-12(18)16(23)13(19)7-10/h2-7,23H,1H3,(H,21,22)/b11-5-. The largest absolute Gasteiger partial charge is 0.505 e. The van der Waals surface area contributed by atoms with Crippen LogP contribution in [0.5, 0.6) is 5.75 Å². The molecule has 6 heteroatoms. The number of fused-ring (bicyclic) bond motifs is 1. The number of aromatic hydroxyl groups is 1. The van der Waals surface area contributed by atoms with Crippen molar-refractivity contribution in [1.82, 2.24) is 9.97 Å². The number of benzene rings is 2. The van der Waals surface area contributed by atoms with Crippen molar-refractivity contribution < 1.29 is 5.11 Å². The predicted octanol–water partition coefficient (Wildman–Crippen LogP) is 5.06. The molecule has 3 aromatic rings. The van der Waals surface area contributed by atoms with Crippen LogP contribution in [-0.2, 0) is 0 Å². The molecule has 3 rings (SSSR count). The highest BCUT2D eigenvalue weighted by molar-refractivity contribution is 9.10. The molecular formula is C17H11BrClN3O. The second kappa shape index (κ2) is 6.07.